The summed E-state index contributed by atoms with van der Waals surface area (Å²) in [4.78, 5) is 0. The fourth-order valence-corrected chi connectivity index (χ4v) is 1.39. The molecule has 1 aliphatic rings. The van der Waals surface area contributed by atoms with Crippen molar-refractivity contribution >= 4 is 15.9 Å². The van der Waals surface area contributed by atoms with Crippen LogP contribution in [-0.4, -0.2) is 6.18 Å². The van der Waals surface area contributed by atoms with E-state index < -0.39 is 11.8 Å². The maximum Gasteiger partial charge on any atom is 0.442 e. The van der Waals surface area contributed by atoms with Gasteiger partial charge < -0.3 is 0 Å². The average molecular weight is 265 g/mol. The zero-order chi connectivity index (χ0) is 10.4. The van der Waals surface area contributed by atoms with E-state index >= 15 is 0 Å². The minimum atomic E-state index is -4.44. The van der Waals surface area contributed by atoms with Crippen LogP contribution in [0.1, 0.15) is 5.56 Å². The highest BCUT2D eigenvalue weighted by molar-refractivity contribution is 9.10. The van der Waals surface area contributed by atoms with Crippen molar-refractivity contribution in [3.63, 3.8) is 0 Å². The molecule has 0 fully saturated rings. The molecule has 0 saturated carbocycles. The van der Waals surface area contributed by atoms with E-state index in [4.69, 9.17) is 0 Å². The quantitative estimate of drug-likeness (QED) is 0.740. The van der Waals surface area contributed by atoms with Crippen molar-refractivity contribution in [1.29, 1.82) is 0 Å². The Morgan fingerprint density at radius 1 is 1.07 bits per heavy atom. The second-order valence-corrected chi connectivity index (χ2v) is 3.79. The predicted molar refractivity (Wildman–Crippen MR) is 46.7 cm³/mol. The third-order valence-electron chi connectivity index (χ3n) is 1.94. The molecule has 1 heterocycles. The Kier molecular flexibility index (Phi) is 1.92. The Morgan fingerprint density at radius 2 is 1.57 bits per heavy atom. The third kappa shape index (κ3) is 1.33. The maximum atomic E-state index is 12.5. The Bertz CT molecular complexity index is 377. The number of nitrogens with zero attached hydrogens (tertiary/aromatic N) is 2. The lowest BCUT2D eigenvalue weighted by Crippen LogP contribution is -2.29. The summed E-state index contributed by atoms with van der Waals surface area (Å²) in [5.41, 5.74) is -2.25. The Labute approximate surface area is 86.0 Å². The van der Waals surface area contributed by atoms with E-state index in [1.165, 1.54) is 24.3 Å². The average Bonchev–Trinajstić information content (AvgIpc) is 2.84. The molecule has 1 aromatic carbocycles. The number of hydrogen-bond donors (Lipinski definition) is 0. The van der Waals surface area contributed by atoms with Crippen LogP contribution in [0.3, 0.4) is 0 Å². The lowest BCUT2D eigenvalue weighted by molar-refractivity contribution is -0.166. The van der Waals surface area contributed by atoms with Crippen LogP contribution >= 0.6 is 15.9 Å². The summed E-state index contributed by atoms with van der Waals surface area (Å²) in [5.74, 6) is 0. The van der Waals surface area contributed by atoms with Gasteiger partial charge in [-0.05, 0) is 12.1 Å². The fourth-order valence-electron chi connectivity index (χ4n) is 1.12. The highest BCUT2D eigenvalue weighted by Gasteiger charge is 2.65. The van der Waals surface area contributed by atoms with Crippen LogP contribution in [0.25, 0.3) is 0 Å². The zero-order valence-electron chi connectivity index (χ0n) is 6.72. The molecule has 74 valence electrons. The smallest absolute Gasteiger partial charge is 0.166 e. The highest BCUT2D eigenvalue weighted by atomic mass is 79.9. The van der Waals surface area contributed by atoms with Crippen molar-refractivity contribution in [2.45, 2.75) is 11.8 Å². The number of alkyl halides is 3. The van der Waals surface area contributed by atoms with Gasteiger partial charge >= 0.3 is 11.8 Å². The van der Waals surface area contributed by atoms with Crippen LogP contribution < -0.4 is 0 Å². The molecule has 6 heteroatoms. The van der Waals surface area contributed by atoms with Gasteiger partial charge in [-0.3, -0.25) is 0 Å². The molecule has 0 N–H and O–H groups in total. The van der Waals surface area contributed by atoms with Gasteiger partial charge in [0.05, 0.1) is 0 Å². The van der Waals surface area contributed by atoms with Gasteiger partial charge in [-0.2, -0.15) is 13.2 Å². The van der Waals surface area contributed by atoms with Crippen LogP contribution in [-0.2, 0) is 5.66 Å². The summed E-state index contributed by atoms with van der Waals surface area (Å²) in [6.07, 6.45) is -4.44. The highest BCUT2D eigenvalue weighted by Crippen LogP contribution is 2.52. The molecule has 0 radical (unpaired) electrons. The molecular formula is C8H4BrF3N2. The molecule has 0 atom stereocenters. The molecule has 14 heavy (non-hydrogen) atoms. The number of halogens is 4. The van der Waals surface area contributed by atoms with E-state index in [2.05, 4.69) is 26.2 Å². The van der Waals surface area contributed by atoms with Gasteiger partial charge in [0.2, 0.25) is 0 Å². The van der Waals surface area contributed by atoms with Gasteiger partial charge in [-0.25, -0.2) is 0 Å². The summed E-state index contributed by atoms with van der Waals surface area (Å²) in [6, 6.07) is 5.79. The van der Waals surface area contributed by atoms with Crippen LogP contribution in [0.15, 0.2) is 39.0 Å². The molecule has 2 rings (SSSR count). The second-order valence-electron chi connectivity index (χ2n) is 2.88. The van der Waals surface area contributed by atoms with Gasteiger partial charge in [0.1, 0.15) is 0 Å². The lowest BCUT2D eigenvalue weighted by Gasteiger charge is -2.14. The van der Waals surface area contributed by atoms with E-state index in [9.17, 15) is 13.2 Å². The molecule has 1 aromatic rings. The topological polar surface area (TPSA) is 24.7 Å². The lowest BCUT2D eigenvalue weighted by atomic mass is 10.0. The minimum Gasteiger partial charge on any atom is -0.166 e. The summed E-state index contributed by atoms with van der Waals surface area (Å²) < 4.78 is 38.2. The normalized spacial score (nSPS) is 18.3. The number of hydrogen-bond acceptors (Lipinski definition) is 2. The molecule has 0 spiro atoms. The van der Waals surface area contributed by atoms with Crippen molar-refractivity contribution in [2.24, 2.45) is 10.2 Å². The van der Waals surface area contributed by atoms with Crippen molar-refractivity contribution in [2.75, 3.05) is 0 Å². The first kappa shape index (κ1) is 9.64. The van der Waals surface area contributed by atoms with Gasteiger partial charge in [-0.1, -0.05) is 28.1 Å². The van der Waals surface area contributed by atoms with Gasteiger partial charge in [-0.15, -0.1) is 10.2 Å². The van der Waals surface area contributed by atoms with Crippen molar-refractivity contribution in [3.05, 3.63) is 34.3 Å². The third-order valence-corrected chi connectivity index (χ3v) is 2.47. The zero-order valence-corrected chi connectivity index (χ0v) is 8.30. The Balaban J connectivity index is 2.37. The minimum absolute atomic E-state index is 0.0493. The van der Waals surface area contributed by atoms with Crippen LogP contribution in [0.2, 0.25) is 0 Å². The molecule has 0 saturated heterocycles. The standard InChI is InChI=1S/C8H4BrF3N2/c9-6-3-1-5(2-4-6)7(13-14-7)8(10,11)12/h1-4H. The second kappa shape index (κ2) is 2.79. The van der Waals surface area contributed by atoms with Gasteiger partial charge in [0.25, 0.3) is 0 Å². The maximum absolute atomic E-state index is 12.5. The Morgan fingerprint density at radius 3 is 1.93 bits per heavy atom. The fraction of sp³-hybridized carbons (Fsp3) is 0.250. The number of rotatable bonds is 1. The molecule has 0 unspecified atom stereocenters. The monoisotopic (exact) mass is 264 g/mol. The van der Waals surface area contributed by atoms with E-state index in [0.717, 1.165) is 4.47 Å². The van der Waals surface area contributed by atoms with Crippen LogP contribution in [0.5, 0.6) is 0 Å². The largest absolute Gasteiger partial charge is 0.442 e. The van der Waals surface area contributed by atoms with Crippen LogP contribution in [0, 0.1) is 0 Å². The molecule has 2 nitrogen and oxygen atoms in total. The molecule has 1 aliphatic heterocycles. The Hall–Kier alpha value is -0.910. The summed E-state index contributed by atoms with van der Waals surface area (Å²) >= 11 is 3.14. The van der Waals surface area contributed by atoms with Crippen molar-refractivity contribution in [3.8, 4) is 0 Å². The van der Waals surface area contributed by atoms with E-state index in [1.54, 1.807) is 0 Å². The van der Waals surface area contributed by atoms with Gasteiger partial charge in [0, 0.05) is 10.0 Å². The van der Waals surface area contributed by atoms with E-state index in [0.29, 0.717) is 0 Å². The van der Waals surface area contributed by atoms with E-state index in [1.807, 2.05) is 0 Å². The first-order valence-corrected chi connectivity index (χ1v) is 4.52. The van der Waals surface area contributed by atoms with E-state index in [-0.39, 0.29) is 5.56 Å². The van der Waals surface area contributed by atoms with Crippen molar-refractivity contribution in [1.82, 2.24) is 0 Å². The number of benzene rings is 1. The van der Waals surface area contributed by atoms with Gasteiger partial charge in [0.15, 0.2) is 0 Å². The van der Waals surface area contributed by atoms with Crippen molar-refractivity contribution < 1.29 is 13.2 Å². The van der Waals surface area contributed by atoms with Crippen LogP contribution in [0.4, 0.5) is 13.2 Å². The first-order valence-electron chi connectivity index (χ1n) is 3.72. The predicted octanol–water partition coefficient (Wildman–Crippen LogP) is 3.63. The molecule has 0 bridgehead atoms. The molecular weight excluding hydrogens is 261 g/mol. The summed E-state index contributed by atoms with van der Waals surface area (Å²) in [5, 5.41) is 6.18. The molecule has 0 aromatic heterocycles. The first-order chi connectivity index (χ1) is 6.46. The molecule has 0 amide bonds. The summed E-state index contributed by atoms with van der Waals surface area (Å²) in [7, 11) is 0. The molecule has 0 aliphatic carbocycles. The summed E-state index contributed by atoms with van der Waals surface area (Å²) in [6.45, 7) is 0. The SMILES string of the molecule is FC(F)(F)C1(c2ccc(Br)cc2)N=N1.